The van der Waals surface area contributed by atoms with E-state index in [1.807, 2.05) is 48.5 Å². The van der Waals surface area contributed by atoms with E-state index in [4.69, 9.17) is 5.73 Å². The first-order valence-electron chi connectivity index (χ1n) is 14.9. The molecule has 2 aliphatic heterocycles. The largest absolute Gasteiger partial charge is 0.351 e. The maximum absolute atomic E-state index is 14.3. The molecule has 236 valence electrons. The molecule has 3 heterocycles. The van der Waals surface area contributed by atoms with E-state index < -0.39 is 18.2 Å². The summed E-state index contributed by atoms with van der Waals surface area (Å²) in [5, 5.41) is 8.77. The summed E-state index contributed by atoms with van der Waals surface area (Å²) in [4.78, 5) is 61.2. The average molecular weight is 639 g/mol. The number of aromatic nitrogens is 1. The summed E-state index contributed by atoms with van der Waals surface area (Å²) in [6.07, 6.45) is 1.08. The van der Waals surface area contributed by atoms with Crippen molar-refractivity contribution >= 4 is 51.1 Å². The number of primary amides is 1. The lowest BCUT2D eigenvalue weighted by atomic mass is 9.98. The number of benzene rings is 3. The smallest absolute Gasteiger partial charge is 0.334 e. The van der Waals surface area contributed by atoms with Crippen molar-refractivity contribution in [1.29, 1.82) is 0 Å². The molecule has 1 aromatic heterocycles. The maximum atomic E-state index is 14.3. The van der Waals surface area contributed by atoms with Crippen LogP contribution in [0.25, 0.3) is 10.2 Å². The number of nitrogens with two attached hydrogens (primary N) is 1. The van der Waals surface area contributed by atoms with Crippen molar-refractivity contribution in [3.8, 4) is 0 Å². The second kappa shape index (κ2) is 13.4. The Hall–Kier alpha value is -5.27. The highest BCUT2D eigenvalue weighted by atomic mass is 32.1. The Balaban J connectivity index is 1.35. The van der Waals surface area contributed by atoms with Gasteiger partial charge in [-0.25, -0.2) is 24.6 Å². The third kappa shape index (κ3) is 6.41. The molecule has 12 nitrogen and oxygen atoms in total. The van der Waals surface area contributed by atoms with Gasteiger partial charge >= 0.3 is 12.1 Å². The second-order valence-corrected chi connectivity index (χ2v) is 12.0. The van der Waals surface area contributed by atoms with Crippen molar-refractivity contribution in [2.75, 3.05) is 25.0 Å². The number of amides is 6. The van der Waals surface area contributed by atoms with Crippen molar-refractivity contribution in [2.45, 2.75) is 31.7 Å². The topological polar surface area (TPSA) is 144 Å². The van der Waals surface area contributed by atoms with E-state index in [0.717, 1.165) is 26.9 Å². The average Bonchev–Trinajstić information content (AvgIpc) is 3.53. The molecule has 6 amide bonds. The molecule has 0 spiro atoms. The third-order valence-electron chi connectivity index (χ3n) is 8.12. The Labute approximate surface area is 270 Å². The van der Waals surface area contributed by atoms with E-state index in [1.54, 1.807) is 55.7 Å². The van der Waals surface area contributed by atoms with Gasteiger partial charge in [0.2, 0.25) is 11.8 Å². The molecule has 2 aliphatic rings. The highest BCUT2D eigenvalue weighted by Gasteiger charge is 2.51. The van der Waals surface area contributed by atoms with Gasteiger partial charge in [0.1, 0.15) is 12.2 Å². The van der Waals surface area contributed by atoms with Crippen molar-refractivity contribution in [1.82, 2.24) is 30.1 Å². The quantitative estimate of drug-likeness (QED) is 0.240. The lowest BCUT2D eigenvalue weighted by molar-refractivity contribution is -0.189. The number of urea groups is 2. The molecule has 0 radical (unpaired) electrons. The number of piperazine rings is 1. The number of nitrogens with one attached hydrogen (secondary N) is 2. The number of nitrogens with zero attached hydrogens (tertiary/aromatic N) is 5. The predicted molar refractivity (Wildman–Crippen MR) is 175 cm³/mol. The van der Waals surface area contributed by atoms with Crippen molar-refractivity contribution in [2.24, 2.45) is 5.73 Å². The normalized spacial score (nSPS) is 18.4. The minimum atomic E-state index is -0.883. The SMILES string of the molecule is C=CCN1CC(=O)N2[C@@H](Cc3ccc(NC(N)=O)cc3)C(=O)N(Cc3cccc4scnc34)C[C@@H]2N1C(=O)NCc1ccccc1. The van der Waals surface area contributed by atoms with Crippen LogP contribution in [-0.2, 0) is 29.1 Å². The molecule has 0 unspecified atom stereocenters. The number of anilines is 1. The zero-order valence-corrected chi connectivity index (χ0v) is 25.9. The van der Waals surface area contributed by atoms with Crippen LogP contribution in [0.5, 0.6) is 0 Å². The summed E-state index contributed by atoms with van der Waals surface area (Å²) in [5.41, 5.74) is 11.0. The van der Waals surface area contributed by atoms with Gasteiger partial charge in [-0.2, -0.15) is 0 Å². The highest BCUT2D eigenvalue weighted by Crippen LogP contribution is 2.31. The third-order valence-corrected chi connectivity index (χ3v) is 8.91. The number of carbonyl (C=O) groups excluding carboxylic acids is 4. The molecule has 4 N–H and O–H groups in total. The fourth-order valence-corrected chi connectivity index (χ4v) is 6.79. The van der Waals surface area contributed by atoms with Crippen LogP contribution in [0.3, 0.4) is 0 Å². The Morgan fingerprint density at radius 3 is 2.54 bits per heavy atom. The van der Waals surface area contributed by atoms with Crippen LogP contribution in [0.15, 0.2) is 91.0 Å². The van der Waals surface area contributed by atoms with Gasteiger partial charge in [0.05, 0.1) is 28.8 Å². The van der Waals surface area contributed by atoms with Crippen LogP contribution in [0.4, 0.5) is 15.3 Å². The number of hydrazine groups is 1. The summed E-state index contributed by atoms with van der Waals surface area (Å²) in [7, 11) is 0. The van der Waals surface area contributed by atoms with Gasteiger partial charge < -0.3 is 26.2 Å². The van der Waals surface area contributed by atoms with E-state index in [2.05, 4.69) is 22.2 Å². The van der Waals surface area contributed by atoms with Crippen molar-refractivity contribution < 1.29 is 19.2 Å². The van der Waals surface area contributed by atoms with Crippen LogP contribution in [0.1, 0.15) is 16.7 Å². The van der Waals surface area contributed by atoms with Gasteiger partial charge in [0.15, 0.2) is 0 Å². The van der Waals surface area contributed by atoms with Crippen LogP contribution in [0, 0.1) is 0 Å². The molecule has 2 saturated heterocycles. The molecule has 0 bridgehead atoms. The lowest BCUT2D eigenvalue weighted by Crippen LogP contribution is -2.76. The molecule has 13 heteroatoms. The minimum Gasteiger partial charge on any atom is -0.351 e. The highest BCUT2D eigenvalue weighted by molar-refractivity contribution is 7.16. The standard InChI is InChI=1S/C33H34N8O4S/c1-2-15-39-20-29(42)40-26(16-22-11-13-25(14-12-22)37-32(34)44)31(43)38(18-24-9-6-10-27-30(24)36-21-46-27)19-28(40)41(39)33(45)35-17-23-7-4-3-5-8-23/h2-14,21,26,28H,1,15-20H2,(H,35,45)(H3,34,37,44)/t26-,28-/m0/s1. The monoisotopic (exact) mass is 638 g/mol. The van der Waals surface area contributed by atoms with Crippen molar-refractivity contribution in [3.05, 3.63) is 108 Å². The molecule has 46 heavy (non-hydrogen) atoms. The maximum Gasteiger partial charge on any atom is 0.334 e. The number of rotatable bonds is 9. The number of para-hydroxylation sites is 1. The van der Waals surface area contributed by atoms with Crippen LogP contribution in [0.2, 0.25) is 0 Å². The molecule has 4 aromatic rings. The molecule has 0 aliphatic carbocycles. The molecule has 6 rings (SSSR count). The van der Waals surface area contributed by atoms with Gasteiger partial charge in [0.25, 0.3) is 0 Å². The van der Waals surface area contributed by atoms with E-state index in [1.165, 1.54) is 11.3 Å². The summed E-state index contributed by atoms with van der Waals surface area (Å²) >= 11 is 1.52. The first-order chi connectivity index (χ1) is 22.3. The molecule has 3 aromatic carbocycles. The summed E-state index contributed by atoms with van der Waals surface area (Å²) in [6.45, 7) is 4.68. The number of thiazole rings is 1. The van der Waals surface area contributed by atoms with Crippen LogP contribution < -0.4 is 16.4 Å². The minimum absolute atomic E-state index is 0.0926. The Bertz CT molecular complexity index is 1760. The number of fused-ring (bicyclic) bond motifs is 2. The van der Waals surface area contributed by atoms with Crippen LogP contribution >= 0.6 is 11.3 Å². The van der Waals surface area contributed by atoms with E-state index >= 15 is 0 Å². The van der Waals surface area contributed by atoms with Gasteiger partial charge in [0, 0.05) is 31.7 Å². The summed E-state index contributed by atoms with van der Waals surface area (Å²) < 4.78 is 1.01. The van der Waals surface area contributed by atoms with Crippen LogP contribution in [-0.4, -0.2) is 80.5 Å². The van der Waals surface area contributed by atoms with Gasteiger partial charge in [-0.3, -0.25) is 9.59 Å². The van der Waals surface area contributed by atoms with E-state index in [0.29, 0.717) is 12.2 Å². The fourth-order valence-electron chi connectivity index (χ4n) is 6.07. The number of hydrogen-bond donors (Lipinski definition) is 3. The number of hydrogen-bond acceptors (Lipinski definition) is 7. The second-order valence-electron chi connectivity index (χ2n) is 11.1. The van der Waals surface area contributed by atoms with E-state index in [9.17, 15) is 19.2 Å². The first-order valence-corrected chi connectivity index (χ1v) is 15.7. The van der Waals surface area contributed by atoms with Gasteiger partial charge in [-0.15, -0.1) is 17.9 Å². The van der Waals surface area contributed by atoms with E-state index in [-0.39, 0.29) is 50.4 Å². The lowest BCUT2D eigenvalue weighted by Gasteiger charge is -2.55. The first kappa shape index (κ1) is 30.7. The molecule has 2 fully saturated rings. The Morgan fingerprint density at radius 2 is 1.80 bits per heavy atom. The Morgan fingerprint density at radius 1 is 1.02 bits per heavy atom. The van der Waals surface area contributed by atoms with Crippen molar-refractivity contribution in [3.63, 3.8) is 0 Å². The molecule has 2 atom stereocenters. The zero-order valence-electron chi connectivity index (χ0n) is 25.0. The number of carbonyl (C=O) groups is 4. The fraction of sp³-hybridized carbons (Fsp3) is 0.242. The molecule has 0 saturated carbocycles. The molecular weight excluding hydrogens is 604 g/mol. The summed E-state index contributed by atoms with van der Waals surface area (Å²) in [5.74, 6) is -0.483. The zero-order chi connectivity index (χ0) is 32.2. The summed E-state index contributed by atoms with van der Waals surface area (Å²) in [6, 6.07) is 20.4. The van der Waals surface area contributed by atoms with Gasteiger partial charge in [-0.1, -0.05) is 60.7 Å². The Kier molecular flexibility index (Phi) is 8.94. The molecular formula is C33H34N8O4S. The predicted octanol–water partition coefficient (Wildman–Crippen LogP) is 3.52. The van der Waals surface area contributed by atoms with Gasteiger partial charge in [-0.05, 0) is 34.9 Å².